The zero-order valence-corrected chi connectivity index (χ0v) is 10.9. The summed E-state index contributed by atoms with van der Waals surface area (Å²) in [5.74, 6) is 0. The summed E-state index contributed by atoms with van der Waals surface area (Å²) < 4.78 is 1.27. The first-order chi connectivity index (χ1) is 6.43. The van der Waals surface area contributed by atoms with E-state index in [1.54, 1.807) is 6.92 Å². The molecular formula is C11H16INO. The molecule has 0 saturated carbocycles. The lowest BCUT2D eigenvalue weighted by Crippen LogP contribution is -2.23. The van der Waals surface area contributed by atoms with Crippen LogP contribution < -0.4 is 5.73 Å². The summed E-state index contributed by atoms with van der Waals surface area (Å²) in [6.07, 6.45) is -0.506. The van der Waals surface area contributed by atoms with E-state index in [1.165, 1.54) is 14.7 Å². The molecular weight excluding hydrogens is 289 g/mol. The fraction of sp³-hybridized carbons (Fsp3) is 0.455. The van der Waals surface area contributed by atoms with Crippen LogP contribution in [0.4, 0.5) is 0 Å². The van der Waals surface area contributed by atoms with Crippen LogP contribution in [0, 0.1) is 17.4 Å². The molecule has 3 heteroatoms. The van der Waals surface area contributed by atoms with Gasteiger partial charge in [0.2, 0.25) is 0 Å². The lowest BCUT2D eigenvalue weighted by atomic mass is 9.99. The van der Waals surface area contributed by atoms with E-state index in [-0.39, 0.29) is 6.04 Å². The van der Waals surface area contributed by atoms with Crippen LogP contribution in [0.15, 0.2) is 12.1 Å². The van der Waals surface area contributed by atoms with Gasteiger partial charge in [0, 0.05) is 3.57 Å². The smallest absolute Gasteiger partial charge is 0.0704 e. The van der Waals surface area contributed by atoms with Crippen LogP contribution in [0.2, 0.25) is 0 Å². The minimum absolute atomic E-state index is 0.288. The van der Waals surface area contributed by atoms with Gasteiger partial charge < -0.3 is 10.8 Å². The van der Waals surface area contributed by atoms with E-state index < -0.39 is 6.10 Å². The largest absolute Gasteiger partial charge is 0.391 e. The van der Waals surface area contributed by atoms with Crippen molar-refractivity contribution in [3.63, 3.8) is 0 Å². The molecule has 0 heterocycles. The molecule has 1 aromatic carbocycles. The fourth-order valence-corrected chi connectivity index (χ4v) is 1.76. The normalized spacial score (nSPS) is 15.3. The molecule has 0 aliphatic rings. The molecule has 0 bridgehead atoms. The SMILES string of the molecule is Cc1cc([C@H](N)C(C)O)cc(C)c1I. The highest BCUT2D eigenvalue weighted by atomic mass is 127. The van der Waals surface area contributed by atoms with Gasteiger partial charge >= 0.3 is 0 Å². The summed E-state index contributed by atoms with van der Waals surface area (Å²) in [5, 5.41) is 9.40. The number of benzene rings is 1. The molecule has 2 atom stereocenters. The highest BCUT2D eigenvalue weighted by Crippen LogP contribution is 2.23. The van der Waals surface area contributed by atoms with Crippen molar-refractivity contribution in [1.29, 1.82) is 0 Å². The average molecular weight is 305 g/mol. The zero-order chi connectivity index (χ0) is 10.9. The summed E-state index contributed by atoms with van der Waals surface area (Å²) in [7, 11) is 0. The first-order valence-corrected chi connectivity index (χ1v) is 5.71. The van der Waals surface area contributed by atoms with E-state index in [4.69, 9.17) is 5.73 Å². The molecule has 1 unspecified atom stereocenters. The Kier molecular flexibility index (Phi) is 3.92. The molecule has 0 aliphatic carbocycles. The molecule has 2 nitrogen and oxygen atoms in total. The third-order valence-corrected chi connectivity index (χ3v) is 4.06. The van der Waals surface area contributed by atoms with Crippen LogP contribution in [0.1, 0.15) is 29.7 Å². The Bertz CT molecular complexity index is 313. The molecule has 0 spiro atoms. The van der Waals surface area contributed by atoms with Crippen molar-refractivity contribution in [3.8, 4) is 0 Å². The van der Waals surface area contributed by atoms with Gasteiger partial charge in [-0.2, -0.15) is 0 Å². The van der Waals surface area contributed by atoms with Crippen LogP contribution in [-0.4, -0.2) is 11.2 Å². The van der Waals surface area contributed by atoms with E-state index in [0.717, 1.165) is 5.56 Å². The van der Waals surface area contributed by atoms with Gasteiger partial charge in [0.05, 0.1) is 12.1 Å². The molecule has 3 N–H and O–H groups in total. The van der Waals surface area contributed by atoms with E-state index in [2.05, 4.69) is 36.4 Å². The molecule has 14 heavy (non-hydrogen) atoms. The quantitative estimate of drug-likeness (QED) is 0.824. The second-order valence-electron chi connectivity index (χ2n) is 3.74. The number of nitrogens with two attached hydrogens (primary N) is 1. The first kappa shape index (κ1) is 11.9. The second-order valence-corrected chi connectivity index (χ2v) is 4.81. The van der Waals surface area contributed by atoms with Gasteiger partial charge in [-0.15, -0.1) is 0 Å². The molecule has 0 saturated heterocycles. The standard InChI is InChI=1S/C11H16INO/c1-6-4-9(11(13)8(3)14)5-7(2)10(6)12/h4-5,8,11,14H,13H2,1-3H3/t8?,11-/m1/s1. The fourth-order valence-electron chi connectivity index (χ4n) is 1.45. The van der Waals surface area contributed by atoms with Crippen molar-refractivity contribution in [1.82, 2.24) is 0 Å². The van der Waals surface area contributed by atoms with Crippen LogP contribution in [0.3, 0.4) is 0 Å². The number of aryl methyl sites for hydroxylation is 2. The van der Waals surface area contributed by atoms with Crippen LogP contribution >= 0.6 is 22.6 Å². The number of halogens is 1. The lowest BCUT2D eigenvalue weighted by Gasteiger charge is -2.17. The molecule has 0 amide bonds. The molecule has 0 aromatic heterocycles. The summed E-state index contributed by atoms with van der Waals surface area (Å²) in [4.78, 5) is 0. The Morgan fingerprint density at radius 3 is 2.07 bits per heavy atom. The summed E-state index contributed by atoms with van der Waals surface area (Å²) >= 11 is 2.32. The van der Waals surface area contributed by atoms with Crippen molar-refractivity contribution in [2.45, 2.75) is 32.9 Å². The maximum absolute atomic E-state index is 9.40. The van der Waals surface area contributed by atoms with Gasteiger partial charge in [0.15, 0.2) is 0 Å². The summed E-state index contributed by atoms with van der Waals surface area (Å²) in [6.45, 7) is 5.84. The van der Waals surface area contributed by atoms with E-state index in [0.29, 0.717) is 0 Å². The van der Waals surface area contributed by atoms with Crippen LogP contribution in [-0.2, 0) is 0 Å². The number of hydrogen-bond donors (Lipinski definition) is 2. The maximum atomic E-state index is 9.40. The predicted octanol–water partition coefficient (Wildman–Crippen LogP) is 2.29. The molecule has 1 rings (SSSR count). The van der Waals surface area contributed by atoms with Crippen LogP contribution in [0.25, 0.3) is 0 Å². The van der Waals surface area contributed by atoms with Crippen LogP contribution in [0.5, 0.6) is 0 Å². The second kappa shape index (κ2) is 4.59. The number of hydrogen-bond acceptors (Lipinski definition) is 2. The summed E-state index contributed by atoms with van der Waals surface area (Å²) in [6, 6.07) is 3.81. The van der Waals surface area contributed by atoms with Crippen molar-refractivity contribution in [2.75, 3.05) is 0 Å². The molecule has 0 aliphatic heterocycles. The maximum Gasteiger partial charge on any atom is 0.0704 e. The van der Waals surface area contributed by atoms with Crippen molar-refractivity contribution < 1.29 is 5.11 Å². The highest BCUT2D eigenvalue weighted by molar-refractivity contribution is 14.1. The predicted molar refractivity (Wildman–Crippen MR) is 67.2 cm³/mol. The van der Waals surface area contributed by atoms with Crippen molar-refractivity contribution in [2.24, 2.45) is 5.73 Å². The molecule has 1 aromatic rings. The van der Waals surface area contributed by atoms with Crippen molar-refractivity contribution in [3.05, 3.63) is 32.4 Å². The summed E-state index contributed by atoms with van der Waals surface area (Å²) in [5.41, 5.74) is 9.32. The Morgan fingerprint density at radius 1 is 1.29 bits per heavy atom. The van der Waals surface area contributed by atoms with Gasteiger partial charge in [-0.05, 0) is 60.1 Å². The molecule has 0 fully saturated rings. The van der Waals surface area contributed by atoms with Gasteiger partial charge in [-0.25, -0.2) is 0 Å². The third-order valence-electron chi connectivity index (χ3n) is 2.36. The van der Waals surface area contributed by atoms with Gasteiger partial charge in [-0.3, -0.25) is 0 Å². The minimum Gasteiger partial charge on any atom is -0.391 e. The zero-order valence-electron chi connectivity index (χ0n) is 8.71. The van der Waals surface area contributed by atoms with E-state index in [9.17, 15) is 5.11 Å². The number of aliphatic hydroxyl groups excluding tert-OH is 1. The van der Waals surface area contributed by atoms with E-state index >= 15 is 0 Å². The van der Waals surface area contributed by atoms with E-state index in [1.807, 2.05) is 12.1 Å². The minimum atomic E-state index is -0.506. The Morgan fingerprint density at radius 2 is 1.71 bits per heavy atom. The number of aliphatic hydroxyl groups is 1. The average Bonchev–Trinajstić information content (AvgIpc) is 2.12. The molecule has 78 valence electrons. The Balaban J connectivity index is 3.12. The lowest BCUT2D eigenvalue weighted by molar-refractivity contribution is 0.164. The Hall–Kier alpha value is -0.130. The third kappa shape index (κ3) is 2.46. The monoisotopic (exact) mass is 305 g/mol. The first-order valence-electron chi connectivity index (χ1n) is 4.63. The van der Waals surface area contributed by atoms with Gasteiger partial charge in [-0.1, -0.05) is 12.1 Å². The van der Waals surface area contributed by atoms with Gasteiger partial charge in [0.25, 0.3) is 0 Å². The molecule has 0 radical (unpaired) electrons. The topological polar surface area (TPSA) is 46.2 Å². The number of rotatable bonds is 2. The Labute approximate surface area is 98.7 Å². The highest BCUT2D eigenvalue weighted by Gasteiger charge is 2.13. The van der Waals surface area contributed by atoms with Gasteiger partial charge in [0.1, 0.15) is 0 Å². The van der Waals surface area contributed by atoms with Crippen molar-refractivity contribution >= 4 is 22.6 Å².